The molecule has 5 heterocycles. The van der Waals surface area contributed by atoms with Crippen molar-refractivity contribution in [1.29, 1.82) is 5.41 Å². The van der Waals surface area contributed by atoms with Gasteiger partial charge in [0.1, 0.15) is 33.9 Å². The Bertz CT molecular complexity index is 3000. The molecule has 93 heavy (non-hydrogen) atoms. The standard InChI is InChI=1S/C16H21N3O.C16H21NO3.C8H13N3O.2C8H11N.C7H12O3.C7H10O3.CH4N2.H2/c1-12(13-7-5-4-6-8-13)19-10-9-14-16(2,11-19)15(20)18(3)17-14;1-12(13-7-5-4-6-8-13)17-10-9-14(18)16(2,11-17)15(19)20-3;1-8-5-9-4-3-6(8)10-11(2)7(8)12;2*1-7(9)8-5-3-2-4-6-8;2*1-4-6(8)5(2)7(9)10-3;2-1-3;/h2*4-8,12H,9-11H2,1-3H3;9H,3-5H2,1-2H3;2*2-7H,9H2,1H3;5H,4H2,1-3H3;4-5H,1H2,2-3H3;1H,(H3,2,3);1H. The molecule has 5 aliphatic heterocycles. The molecule has 4 aromatic carbocycles. The summed E-state index contributed by atoms with van der Waals surface area (Å²) < 4.78 is 13.5. The lowest BCUT2D eigenvalue weighted by atomic mass is 9.79. The van der Waals surface area contributed by atoms with E-state index in [1.165, 1.54) is 60.5 Å². The lowest BCUT2D eigenvalue weighted by Crippen LogP contribution is -2.52. The van der Waals surface area contributed by atoms with Gasteiger partial charge in [0.15, 0.2) is 11.6 Å². The number of amides is 2. The third kappa shape index (κ3) is 23.6. The molecule has 510 valence electrons. The number of nitrogens with one attached hydrogen (secondary N) is 2. The number of nitrogens with zero attached hydrogens (tertiary/aromatic N) is 6. The number of ketones is 3. The van der Waals surface area contributed by atoms with Gasteiger partial charge in [-0.3, -0.25) is 53.6 Å². The second kappa shape index (κ2) is 39.9. The van der Waals surface area contributed by atoms with Crippen LogP contribution in [-0.4, -0.2) is 159 Å². The van der Waals surface area contributed by atoms with E-state index < -0.39 is 40.6 Å². The molecule has 0 saturated carbocycles. The first-order chi connectivity index (χ1) is 43.9. The number of likely N-dealkylation sites (tertiary alicyclic amines) is 2. The molecule has 0 spiro atoms. The molecule has 3 fully saturated rings. The number of carbonyl (C=O) groups excluding carboxylic acids is 8. The number of carbonyl (C=O) groups is 8. The molecule has 22 nitrogen and oxygen atoms in total. The highest BCUT2D eigenvalue weighted by Crippen LogP contribution is 2.38. The molecule has 9 atom stereocenters. The zero-order valence-electron chi connectivity index (χ0n) is 57.4. The molecule has 22 heteroatoms. The average molecular weight is 1290 g/mol. The van der Waals surface area contributed by atoms with Crippen molar-refractivity contribution in [2.24, 2.45) is 55.5 Å². The SMILES string of the molecule is C=CC(=O)C(C)C(=O)OC.CC(N)c1ccccc1.CC(N)c1ccccc1.CC(c1ccccc1)N1CCC2=NN(C)C(=O)C2(C)C1.CCC(=O)C(C)C(=O)OC.CN1N=C2CCNCC2(C)C1=O.COC(=O)C1(C)CN(C(C)c2ccccc2)CCC1=O.N=CN.[HH]. The second-order valence-corrected chi connectivity index (χ2v) is 23.7. The van der Waals surface area contributed by atoms with Crippen LogP contribution in [0.25, 0.3) is 0 Å². The van der Waals surface area contributed by atoms with Crippen LogP contribution >= 0.6 is 0 Å². The molecule has 4 aromatic rings. The molecule has 0 aromatic heterocycles. The van der Waals surface area contributed by atoms with E-state index in [1.807, 2.05) is 113 Å². The number of hydrogen-bond donors (Lipinski definition) is 5. The van der Waals surface area contributed by atoms with Crippen LogP contribution in [0.4, 0.5) is 0 Å². The number of allylic oxidation sites excluding steroid dienone is 1. The zero-order valence-corrected chi connectivity index (χ0v) is 57.4. The average Bonchev–Trinajstić information content (AvgIpc) is 1.58. The highest BCUT2D eigenvalue weighted by molar-refractivity contribution is 6.13. The van der Waals surface area contributed by atoms with Crippen molar-refractivity contribution in [2.75, 3.05) is 74.7 Å². The van der Waals surface area contributed by atoms with Crippen molar-refractivity contribution < 1.29 is 54.0 Å². The fourth-order valence-corrected chi connectivity index (χ4v) is 10.5. The van der Waals surface area contributed by atoms with Crippen LogP contribution in [0, 0.1) is 33.5 Å². The quantitative estimate of drug-likeness (QED) is 0.0208. The number of Topliss-reactive ketones (excluding diaryl/α,β-unsaturated/α-hetero) is 2. The van der Waals surface area contributed by atoms with E-state index >= 15 is 0 Å². The third-order valence-corrected chi connectivity index (χ3v) is 16.8. The number of rotatable bonds is 13. The van der Waals surface area contributed by atoms with E-state index in [0.29, 0.717) is 32.0 Å². The topological polar surface area (TPSA) is 316 Å². The third-order valence-electron chi connectivity index (χ3n) is 16.8. The lowest BCUT2D eigenvalue weighted by molar-refractivity contribution is -0.161. The lowest BCUT2D eigenvalue weighted by Gasteiger charge is -2.40. The van der Waals surface area contributed by atoms with Crippen LogP contribution in [0.1, 0.15) is 143 Å². The first kappa shape index (κ1) is 80.7. The summed E-state index contributed by atoms with van der Waals surface area (Å²) in [5.41, 5.74) is 20.7. The predicted molar refractivity (Wildman–Crippen MR) is 367 cm³/mol. The molecular weight excluding hydrogens is 1180 g/mol. The van der Waals surface area contributed by atoms with Crippen LogP contribution in [0.5, 0.6) is 0 Å². The number of methoxy groups -OCH3 is 3. The summed E-state index contributed by atoms with van der Waals surface area (Å²) in [5.74, 6) is -2.91. The normalized spacial score (nSPS) is 21.3. The molecule has 3 saturated heterocycles. The van der Waals surface area contributed by atoms with E-state index in [0.717, 1.165) is 62.9 Å². The Morgan fingerprint density at radius 1 is 0.613 bits per heavy atom. The van der Waals surface area contributed by atoms with Crippen molar-refractivity contribution in [1.82, 2.24) is 25.1 Å². The van der Waals surface area contributed by atoms with E-state index in [1.54, 1.807) is 34.9 Å². The molecule has 0 bridgehead atoms. The number of ether oxygens (including phenoxy) is 3. The molecular formula is C71H105N11O11. The van der Waals surface area contributed by atoms with Gasteiger partial charge in [0.05, 0.1) is 39.1 Å². The molecule has 9 unspecified atom stereocenters. The minimum absolute atomic E-state index is 0. The highest BCUT2D eigenvalue weighted by Gasteiger charge is 2.50. The fourth-order valence-electron chi connectivity index (χ4n) is 10.5. The van der Waals surface area contributed by atoms with Crippen LogP contribution in [-0.2, 0) is 52.6 Å². The number of fused-ring (bicyclic) bond motifs is 2. The van der Waals surface area contributed by atoms with Gasteiger partial charge < -0.3 is 36.7 Å². The van der Waals surface area contributed by atoms with Gasteiger partial charge in [-0.2, -0.15) is 10.2 Å². The molecule has 8 N–H and O–H groups in total. The maximum absolute atomic E-state index is 12.4. The monoisotopic (exact) mass is 1290 g/mol. The minimum Gasteiger partial charge on any atom is -0.468 e. The number of piperidine rings is 3. The maximum Gasteiger partial charge on any atom is 0.320 e. The smallest absolute Gasteiger partial charge is 0.320 e. The first-order valence-corrected chi connectivity index (χ1v) is 31.2. The van der Waals surface area contributed by atoms with Crippen LogP contribution in [0.2, 0.25) is 0 Å². The maximum atomic E-state index is 12.4. The minimum atomic E-state index is -1.05. The van der Waals surface area contributed by atoms with Crippen molar-refractivity contribution in [3.05, 3.63) is 156 Å². The summed E-state index contributed by atoms with van der Waals surface area (Å²) in [6.07, 6.45) is 4.41. The van der Waals surface area contributed by atoms with Crippen molar-refractivity contribution in [3.8, 4) is 0 Å². The Hall–Kier alpha value is -8.41. The van der Waals surface area contributed by atoms with Gasteiger partial charge in [0.25, 0.3) is 11.8 Å². The number of hydrogen-bond acceptors (Lipinski definition) is 19. The highest BCUT2D eigenvalue weighted by atomic mass is 16.5. The van der Waals surface area contributed by atoms with Gasteiger partial charge in [-0.15, -0.1) is 0 Å². The zero-order chi connectivity index (χ0) is 70.2. The number of nitrogens with two attached hydrogens (primary N) is 3. The first-order valence-electron chi connectivity index (χ1n) is 31.2. The van der Waals surface area contributed by atoms with Crippen molar-refractivity contribution >= 4 is 64.8 Å². The molecule has 9 rings (SSSR count). The summed E-state index contributed by atoms with van der Waals surface area (Å²) in [6.45, 7) is 26.4. The Morgan fingerprint density at radius 3 is 1.35 bits per heavy atom. The summed E-state index contributed by atoms with van der Waals surface area (Å²) in [7, 11) is 7.33. The van der Waals surface area contributed by atoms with Crippen LogP contribution in [0.3, 0.4) is 0 Å². The summed E-state index contributed by atoms with van der Waals surface area (Å²) in [6, 6.07) is 41.5. The van der Waals surface area contributed by atoms with Gasteiger partial charge in [0.2, 0.25) is 0 Å². The van der Waals surface area contributed by atoms with Gasteiger partial charge in [-0.1, -0.05) is 135 Å². The van der Waals surface area contributed by atoms with Crippen LogP contribution in [0.15, 0.2) is 144 Å². The largest absolute Gasteiger partial charge is 0.468 e. The molecule has 2 amide bonds. The Labute approximate surface area is 552 Å². The van der Waals surface area contributed by atoms with E-state index in [9.17, 15) is 38.4 Å². The van der Waals surface area contributed by atoms with Crippen molar-refractivity contribution in [3.63, 3.8) is 0 Å². The number of benzene rings is 4. The van der Waals surface area contributed by atoms with Gasteiger partial charge >= 0.3 is 17.9 Å². The Kier molecular flexibility index (Phi) is 34.6. The summed E-state index contributed by atoms with van der Waals surface area (Å²) in [5, 5.41) is 20.7. The summed E-state index contributed by atoms with van der Waals surface area (Å²) >= 11 is 0. The fraction of sp³-hybridized carbons (Fsp3) is 0.479. The number of hydrazone groups is 2. The Morgan fingerprint density at radius 2 is 0.989 bits per heavy atom. The molecule has 0 radical (unpaired) electrons. The molecule has 0 aliphatic carbocycles. The number of esters is 3. The van der Waals surface area contributed by atoms with Gasteiger partial charge in [-0.25, -0.2) is 10.0 Å². The van der Waals surface area contributed by atoms with Gasteiger partial charge in [0, 0.05) is 105 Å². The summed E-state index contributed by atoms with van der Waals surface area (Å²) in [4.78, 5) is 95.4. The van der Waals surface area contributed by atoms with E-state index in [-0.39, 0.29) is 54.1 Å². The van der Waals surface area contributed by atoms with E-state index in [4.69, 9.17) is 21.6 Å². The predicted octanol–water partition coefficient (Wildman–Crippen LogP) is 8.84. The second-order valence-electron chi connectivity index (χ2n) is 23.7. The van der Waals surface area contributed by atoms with E-state index in [2.05, 4.69) is 97.4 Å². The van der Waals surface area contributed by atoms with Crippen LogP contribution < -0.4 is 22.5 Å². The van der Waals surface area contributed by atoms with Crippen molar-refractivity contribution in [2.45, 2.75) is 119 Å². The molecule has 5 aliphatic rings. The Balaban J connectivity index is 0.000000558. The van der Waals surface area contributed by atoms with Gasteiger partial charge in [-0.05, 0) is 90.6 Å².